The van der Waals surface area contributed by atoms with Gasteiger partial charge < -0.3 is 9.64 Å². The Kier molecular flexibility index (Phi) is 4.45. The van der Waals surface area contributed by atoms with Gasteiger partial charge in [-0.2, -0.15) is 4.31 Å². The van der Waals surface area contributed by atoms with Gasteiger partial charge in [-0.3, -0.25) is 4.79 Å². The molecule has 0 radical (unpaired) electrons. The van der Waals surface area contributed by atoms with Crippen LogP contribution in [0.1, 0.15) is 32.6 Å². The van der Waals surface area contributed by atoms with Gasteiger partial charge in [0.15, 0.2) is 0 Å². The molecule has 0 N–H and O–H groups in total. The number of amides is 1. The number of hydrogen-bond donors (Lipinski definition) is 0. The summed E-state index contributed by atoms with van der Waals surface area (Å²) in [6.45, 7) is 3.63. The molecule has 26 heavy (non-hydrogen) atoms. The summed E-state index contributed by atoms with van der Waals surface area (Å²) in [7, 11) is -3.50. The van der Waals surface area contributed by atoms with E-state index in [1.807, 2.05) is 4.90 Å². The van der Waals surface area contributed by atoms with Crippen LogP contribution in [0.5, 0.6) is 0 Å². The van der Waals surface area contributed by atoms with Crippen molar-refractivity contribution in [3.8, 4) is 0 Å². The number of carbonyl (C=O) groups excluding carboxylic acids is 1. The van der Waals surface area contributed by atoms with Gasteiger partial charge in [-0.1, -0.05) is 15.9 Å². The van der Waals surface area contributed by atoms with Crippen molar-refractivity contribution >= 4 is 31.9 Å². The van der Waals surface area contributed by atoms with Gasteiger partial charge in [-0.05, 0) is 56.9 Å². The highest BCUT2D eigenvalue weighted by molar-refractivity contribution is 9.10. The fourth-order valence-electron chi connectivity index (χ4n) is 3.85. The molecule has 142 valence electrons. The fourth-order valence-corrected chi connectivity index (χ4v) is 5.56. The molecule has 2 aliphatic heterocycles. The smallest absolute Gasteiger partial charge is 0.249 e. The fraction of sp³-hybridized carbons (Fsp3) is 0.611. The Hall–Kier alpha value is -0.960. The molecule has 2 heterocycles. The SMILES string of the molecule is CC1(N2CC3(CCN(S(=O)(=O)c4ccc(Br)cc4)CC3)OCC2=O)CC1. The third-order valence-electron chi connectivity index (χ3n) is 5.96. The molecule has 1 amide bonds. The molecular weight excluding hydrogens is 420 g/mol. The number of morpholine rings is 1. The summed E-state index contributed by atoms with van der Waals surface area (Å²) in [5.41, 5.74) is -0.431. The lowest BCUT2D eigenvalue weighted by Crippen LogP contribution is -2.61. The van der Waals surface area contributed by atoms with Crippen molar-refractivity contribution in [1.29, 1.82) is 0 Å². The summed E-state index contributed by atoms with van der Waals surface area (Å²) >= 11 is 3.33. The van der Waals surface area contributed by atoms with E-state index in [9.17, 15) is 13.2 Å². The van der Waals surface area contributed by atoms with Crippen LogP contribution in [-0.2, 0) is 19.6 Å². The lowest BCUT2D eigenvalue weighted by molar-refractivity contribution is -0.175. The molecule has 4 rings (SSSR count). The number of rotatable bonds is 3. The van der Waals surface area contributed by atoms with Gasteiger partial charge in [0.05, 0.1) is 17.0 Å². The van der Waals surface area contributed by atoms with Crippen molar-refractivity contribution in [3.63, 3.8) is 0 Å². The number of ether oxygens (including phenoxy) is 1. The average Bonchev–Trinajstić information content (AvgIpc) is 3.37. The van der Waals surface area contributed by atoms with E-state index < -0.39 is 15.6 Å². The second-order valence-corrected chi connectivity index (χ2v) is 10.7. The average molecular weight is 443 g/mol. The standard InChI is InChI=1S/C18H23BrN2O4S/c1-17(6-7-17)21-13-18(25-12-16(21)22)8-10-20(11-9-18)26(23,24)15-4-2-14(19)3-5-15/h2-5H,6-13H2,1H3. The predicted octanol–water partition coefficient (Wildman–Crippen LogP) is 2.38. The molecule has 0 aromatic heterocycles. The van der Waals surface area contributed by atoms with Crippen LogP contribution in [0.3, 0.4) is 0 Å². The molecule has 1 aliphatic carbocycles. The summed E-state index contributed by atoms with van der Waals surface area (Å²) in [6, 6.07) is 6.72. The number of hydrogen-bond acceptors (Lipinski definition) is 4. The molecule has 3 fully saturated rings. The third-order valence-corrected chi connectivity index (χ3v) is 8.40. The molecule has 3 aliphatic rings. The van der Waals surface area contributed by atoms with Crippen LogP contribution in [0.2, 0.25) is 0 Å². The minimum Gasteiger partial charge on any atom is -0.363 e. The van der Waals surface area contributed by atoms with E-state index >= 15 is 0 Å². The van der Waals surface area contributed by atoms with Crippen molar-refractivity contribution in [2.24, 2.45) is 0 Å². The van der Waals surface area contributed by atoms with E-state index in [1.165, 1.54) is 4.31 Å². The summed E-state index contributed by atoms with van der Waals surface area (Å²) in [6.07, 6.45) is 3.31. The Morgan fingerprint density at radius 3 is 2.27 bits per heavy atom. The monoisotopic (exact) mass is 442 g/mol. The van der Waals surface area contributed by atoms with Crippen LogP contribution >= 0.6 is 15.9 Å². The molecular formula is C18H23BrN2O4S. The quantitative estimate of drug-likeness (QED) is 0.720. The van der Waals surface area contributed by atoms with E-state index in [0.717, 1.165) is 17.3 Å². The zero-order valence-electron chi connectivity index (χ0n) is 14.8. The number of nitrogens with zero attached hydrogens (tertiary/aromatic N) is 2. The molecule has 6 nitrogen and oxygen atoms in total. The summed E-state index contributed by atoms with van der Waals surface area (Å²) in [5.74, 6) is 0.0561. The number of benzene rings is 1. The molecule has 1 aromatic carbocycles. The second-order valence-electron chi connectivity index (χ2n) is 7.81. The highest BCUT2D eigenvalue weighted by atomic mass is 79.9. The predicted molar refractivity (Wildman–Crippen MR) is 100 cm³/mol. The van der Waals surface area contributed by atoms with Gasteiger partial charge in [0.2, 0.25) is 15.9 Å². The van der Waals surface area contributed by atoms with E-state index in [1.54, 1.807) is 24.3 Å². The summed E-state index contributed by atoms with van der Waals surface area (Å²) in [5, 5.41) is 0. The first-order chi connectivity index (χ1) is 12.2. The third kappa shape index (κ3) is 3.21. The largest absolute Gasteiger partial charge is 0.363 e. The van der Waals surface area contributed by atoms with Crippen LogP contribution in [0.4, 0.5) is 0 Å². The Morgan fingerprint density at radius 2 is 1.69 bits per heavy atom. The van der Waals surface area contributed by atoms with Gasteiger partial charge in [0.1, 0.15) is 6.61 Å². The Labute approximate surface area is 162 Å². The van der Waals surface area contributed by atoms with Crippen molar-refractivity contribution < 1.29 is 17.9 Å². The Morgan fingerprint density at radius 1 is 1.08 bits per heavy atom. The second kappa shape index (κ2) is 6.29. The molecule has 0 atom stereocenters. The minimum atomic E-state index is -3.50. The molecule has 2 saturated heterocycles. The normalized spacial score (nSPS) is 25.5. The van der Waals surface area contributed by atoms with Gasteiger partial charge in [0.25, 0.3) is 0 Å². The Bertz CT molecular complexity index is 812. The topological polar surface area (TPSA) is 66.9 Å². The highest BCUT2D eigenvalue weighted by Crippen LogP contribution is 2.45. The molecule has 0 unspecified atom stereocenters. The number of halogens is 1. The first-order valence-corrected chi connectivity index (χ1v) is 11.2. The molecule has 1 spiro atoms. The van der Waals surface area contributed by atoms with Gasteiger partial charge in [-0.25, -0.2) is 8.42 Å². The van der Waals surface area contributed by atoms with E-state index in [0.29, 0.717) is 37.4 Å². The first kappa shape index (κ1) is 18.4. The highest BCUT2D eigenvalue weighted by Gasteiger charge is 2.52. The summed E-state index contributed by atoms with van der Waals surface area (Å²) < 4.78 is 34.0. The maximum atomic E-state index is 12.9. The van der Waals surface area contributed by atoms with Crippen molar-refractivity contribution in [1.82, 2.24) is 9.21 Å². The number of carbonyl (C=O) groups is 1. The van der Waals surface area contributed by atoms with E-state index in [4.69, 9.17) is 4.74 Å². The van der Waals surface area contributed by atoms with E-state index in [-0.39, 0.29) is 18.1 Å². The lowest BCUT2D eigenvalue weighted by Gasteiger charge is -2.48. The van der Waals surface area contributed by atoms with Crippen LogP contribution < -0.4 is 0 Å². The molecule has 1 saturated carbocycles. The maximum Gasteiger partial charge on any atom is 0.249 e. The number of piperidine rings is 1. The van der Waals surface area contributed by atoms with Gasteiger partial charge in [0, 0.05) is 23.1 Å². The van der Waals surface area contributed by atoms with Crippen molar-refractivity contribution in [3.05, 3.63) is 28.7 Å². The number of sulfonamides is 1. The molecule has 1 aromatic rings. The van der Waals surface area contributed by atoms with Crippen LogP contribution in [0, 0.1) is 0 Å². The van der Waals surface area contributed by atoms with Crippen molar-refractivity contribution in [2.75, 3.05) is 26.2 Å². The molecule has 8 heteroatoms. The zero-order valence-corrected chi connectivity index (χ0v) is 17.2. The maximum absolute atomic E-state index is 12.9. The van der Waals surface area contributed by atoms with E-state index in [2.05, 4.69) is 22.9 Å². The lowest BCUT2D eigenvalue weighted by atomic mass is 9.89. The van der Waals surface area contributed by atoms with Crippen LogP contribution in [0.15, 0.2) is 33.6 Å². The van der Waals surface area contributed by atoms with Gasteiger partial charge in [-0.15, -0.1) is 0 Å². The van der Waals surface area contributed by atoms with Crippen LogP contribution in [-0.4, -0.2) is 60.9 Å². The molecule has 0 bridgehead atoms. The first-order valence-electron chi connectivity index (χ1n) is 8.94. The van der Waals surface area contributed by atoms with Crippen molar-refractivity contribution in [2.45, 2.75) is 48.6 Å². The summed E-state index contributed by atoms with van der Waals surface area (Å²) in [4.78, 5) is 14.5. The zero-order chi connectivity index (χ0) is 18.6. The van der Waals surface area contributed by atoms with Crippen LogP contribution in [0.25, 0.3) is 0 Å². The Balaban J connectivity index is 1.47. The van der Waals surface area contributed by atoms with Gasteiger partial charge >= 0.3 is 0 Å². The minimum absolute atomic E-state index is 0.0193.